The second-order valence-electron chi connectivity index (χ2n) is 9.74. The number of carbonyl (C=O) groups excluding carboxylic acids is 2. The van der Waals surface area contributed by atoms with Crippen molar-refractivity contribution in [3.8, 4) is 11.5 Å². The van der Waals surface area contributed by atoms with Crippen molar-refractivity contribution < 1.29 is 31.9 Å². The molecule has 0 unspecified atom stereocenters. The van der Waals surface area contributed by atoms with E-state index in [1.807, 2.05) is 12.1 Å². The van der Waals surface area contributed by atoms with Crippen molar-refractivity contribution in [3.05, 3.63) is 77.6 Å². The first-order chi connectivity index (χ1) is 19.2. The van der Waals surface area contributed by atoms with Crippen LogP contribution < -0.4 is 19.7 Å². The lowest BCUT2D eigenvalue weighted by molar-refractivity contribution is -0.120. The quantitative estimate of drug-likeness (QED) is 0.461. The number of amides is 2. The van der Waals surface area contributed by atoms with Crippen LogP contribution in [0.15, 0.2) is 65.6 Å². The molecule has 0 radical (unpaired) electrons. The van der Waals surface area contributed by atoms with Crippen molar-refractivity contribution in [3.63, 3.8) is 0 Å². The summed E-state index contributed by atoms with van der Waals surface area (Å²) < 4.78 is 51.7. The number of fused-ring (bicyclic) bond motifs is 1. The highest BCUT2D eigenvalue weighted by atomic mass is 32.2. The SMILES string of the molecule is COc1ccc(C(=O)N2CCc3ccc(NC(=O)C4CCN(S(=O)(=O)c5cc(F)ccc5OC)CC4)cc32)cc1. The second-order valence-corrected chi connectivity index (χ2v) is 11.6. The van der Waals surface area contributed by atoms with Crippen molar-refractivity contribution in [1.29, 1.82) is 0 Å². The van der Waals surface area contributed by atoms with Gasteiger partial charge in [0.25, 0.3) is 5.91 Å². The third-order valence-electron chi connectivity index (χ3n) is 7.40. The number of benzene rings is 3. The number of nitrogens with zero attached hydrogens (tertiary/aromatic N) is 2. The number of nitrogens with one attached hydrogen (secondary N) is 1. The molecule has 0 bridgehead atoms. The minimum absolute atomic E-state index is 0.0670. The second kappa shape index (κ2) is 11.3. The van der Waals surface area contributed by atoms with E-state index in [1.54, 1.807) is 42.3 Å². The van der Waals surface area contributed by atoms with E-state index in [9.17, 15) is 22.4 Å². The van der Waals surface area contributed by atoms with E-state index in [0.717, 1.165) is 23.4 Å². The number of hydrogen-bond donors (Lipinski definition) is 1. The van der Waals surface area contributed by atoms with Gasteiger partial charge in [-0.2, -0.15) is 4.31 Å². The molecule has 210 valence electrons. The van der Waals surface area contributed by atoms with Crippen LogP contribution in [-0.2, 0) is 21.2 Å². The summed E-state index contributed by atoms with van der Waals surface area (Å²) in [4.78, 5) is 27.7. The summed E-state index contributed by atoms with van der Waals surface area (Å²) in [6.07, 6.45) is 1.35. The minimum atomic E-state index is -3.99. The molecule has 0 spiro atoms. The Morgan fingerprint density at radius 3 is 2.33 bits per heavy atom. The Morgan fingerprint density at radius 1 is 0.925 bits per heavy atom. The molecule has 0 saturated carbocycles. The molecule has 11 heteroatoms. The predicted molar refractivity (Wildman–Crippen MR) is 148 cm³/mol. The molecular formula is C29H30FN3O6S. The van der Waals surface area contributed by atoms with Crippen molar-refractivity contribution in [2.75, 3.05) is 44.1 Å². The van der Waals surface area contributed by atoms with Crippen LogP contribution in [0.2, 0.25) is 0 Å². The van der Waals surface area contributed by atoms with Gasteiger partial charge in [0.05, 0.1) is 14.2 Å². The van der Waals surface area contributed by atoms with Crippen LogP contribution >= 0.6 is 0 Å². The fraction of sp³-hybridized carbons (Fsp3) is 0.310. The maximum Gasteiger partial charge on any atom is 0.258 e. The van der Waals surface area contributed by atoms with Gasteiger partial charge >= 0.3 is 0 Å². The van der Waals surface area contributed by atoms with Crippen molar-refractivity contribution in [1.82, 2.24) is 4.31 Å². The zero-order valence-corrected chi connectivity index (χ0v) is 23.0. The molecule has 3 aromatic carbocycles. The van der Waals surface area contributed by atoms with Crippen LogP contribution in [0.5, 0.6) is 11.5 Å². The molecule has 1 fully saturated rings. The van der Waals surface area contributed by atoms with E-state index in [4.69, 9.17) is 9.47 Å². The lowest BCUT2D eigenvalue weighted by atomic mass is 9.97. The van der Waals surface area contributed by atoms with Gasteiger partial charge in [-0.15, -0.1) is 0 Å². The number of halogens is 1. The molecule has 2 heterocycles. The summed E-state index contributed by atoms with van der Waals surface area (Å²) >= 11 is 0. The molecular weight excluding hydrogens is 537 g/mol. The minimum Gasteiger partial charge on any atom is -0.497 e. The van der Waals surface area contributed by atoms with Crippen molar-refractivity contribution in [2.45, 2.75) is 24.2 Å². The van der Waals surface area contributed by atoms with E-state index >= 15 is 0 Å². The number of sulfonamides is 1. The number of hydrogen-bond acceptors (Lipinski definition) is 6. The fourth-order valence-corrected chi connectivity index (χ4v) is 6.79. The molecule has 5 rings (SSSR count). The van der Waals surface area contributed by atoms with Crippen LogP contribution in [0, 0.1) is 11.7 Å². The van der Waals surface area contributed by atoms with E-state index in [1.165, 1.54) is 17.5 Å². The number of anilines is 2. The maximum atomic E-state index is 13.8. The number of ether oxygens (including phenoxy) is 2. The van der Waals surface area contributed by atoms with Crippen molar-refractivity contribution >= 4 is 33.2 Å². The van der Waals surface area contributed by atoms with Gasteiger partial charge < -0.3 is 19.7 Å². The lowest BCUT2D eigenvalue weighted by Gasteiger charge is -2.31. The van der Waals surface area contributed by atoms with Crippen LogP contribution in [0.4, 0.5) is 15.8 Å². The summed E-state index contributed by atoms with van der Waals surface area (Å²) in [6, 6.07) is 15.8. The van der Waals surface area contributed by atoms with Gasteiger partial charge in [0.2, 0.25) is 15.9 Å². The molecule has 1 saturated heterocycles. The number of rotatable bonds is 7. The Hall–Kier alpha value is -3.96. The first kappa shape index (κ1) is 27.6. The Bertz CT molecular complexity index is 1540. The van der Waals surface area contributed by atoms with Gasteiger partial charge in [-0.1, -0.05) is 6.07 Å². The molecule has 0 aromatic heterocycles. The molecule has 1 N–H and O–H groups in total. The Kier molecular flexibility index (Phi) is 7.77. The highest BCUT2D eigenvalue weighted by Gasteiger charge is 2.34. The molecule has 2 aliphatic heterocycles. The number of methoxy groups -OCH3 is 2. The average molecular weight is 568 g/mol. The number of carbonyl (C=O) groups is 2. The Balaban J connectivity index is 1.24. The molecule has 0 aliphatic carbocycles. The molecule has 9 nitrogen and oxygen atoms in total. The molecule has 2 aliphatic rings. The van der Waals surface area contributed by atoms with Crippen LogP contribution in [-0.4, -0.2) is 58.4 Å². The van der Waals surface area contributed by atoms with Gasteiger partial charge in [-0.25, -0.2) is 12.8 Å². The molecule has 2 amide bonds. The zero-order chi connectivity index (χ0) is 28.4. The zero-order valence-electron chi connectivity index (χ0n) is 22.2. The van der Waals surface area contributed by atoms with Gasteiger partial charge in [0.1, 0.15) is 22.2 Å². The van der Waals surface area contributed by atoms with Crippen LogP contribution in [0.1, 0.15) is 28.8 Å². The molecule has 3 aromatic rings. The van der Waals surface area contributed by atoms with E-state index in [-0.39, 0.29) is 35.5 Å². The lowest BCUT2D eigenvalue weighted by Crippen LogP contribution is -2.41. The highest BCUT2D eigenvalue weighted by molar-refractivity contribution is 7.89. The van der Waals surface area contributed by atoms with Crippen molar-refractivity contribution in [2.24, 2.45) is 5.92 Å². The fourth-order valence-electron chi connectivity index (χ4n) is 5.15. The van der Waals surface area contributed by atoms with Gasteiger partial charge in [-0.3, -0.25) is 9.59 Å². The number of piperidine rings is 1. The van der Waals surface area contributed by atoms with Crippen LogP contribution in [0.3, 0.4) is 0 Å². The first-order valence-corrected chi connectivity index (χ1v) is 14.4. The van der Waals surface area contributed by atoms with Gasteiger partial charge in [-0.05, 0) is 79.4 Å². The summed E-state index contributed by atoms with van der Waals surface area (Å²) in [7, 11) is -1.09. The van der Waals surface area contributed by atoms with E-state index in [0.29, 0.717) is 42.8 Å². The normalized spacial score (nSPS) is 15.9. The Morgan fingerprint density at radius 2 is 1.65 bits per heavy atom. The highest BCUT2D eigenvalue weighted by Crippen LogP contribution is 2.34. The third-order valence-corrected chi connectivity index (χ3v) is 9.32. The summed E-state index contributed by atoms with van der Waals surface area (Å²) in [6.45, 7) is 0.781. The standard InChI is InChI=1S/C29H30FN3O6S/c1-38-24-8-4-21(5-9-24)29(35)33-16-13-19-3-7-23(18-25(19)33)31-28(34)20-11-14-32(15-12-20)40(36,37)27-17-22(30)6-10-26(27)39-2/h3-10,17-18,20H,11-16H2,1-2H3,(H,31,34). The van der Waals surface area contributed by atoms with E-state index in [2.05, 4.69) is 5.32 Å². The molecule has 0 atom stereocenters. The monoisotopic (exact) mass is 567 g/mol. The third kappa shape index (κ3) is 5.39. The van der Waals surface area contributed by atoms with Gasteiger partial charge in [0, 0.05) is 42.5 Å². The maximum absolute atomic E-state index is 13.8. The predicted octanol–water partition coefficient (Wildman–Crippen LogP) is 4.09. The summed E-state index contributed by atoms with van der Waals surface area (Å²) in [5.41, 5.74) is 2.88. The van der Waals surface area contributed by atoms with E-state index < -0.39 is 21.8 Å². The summed E-state index contributed by atoms with van der Waals surface area (Å²) in [5.74, 6) is -0.684. The molecule has 40 heavy (non-hydrogen) atoms. The Labute approximate surface area is 232 Å². The first-order valence-electron chi connectivity index (χ1n) is 12.9. The van der Waals surface area contributed by atoms with Gasteiger partial charge in [0.15, 0.2) is 0 Å². The largest absolute Gasteiger partial charge is 0.497 e. The average Bonchev–Trinajstić information content (AvgIpc) is 3.40. The smallest absolute Gasteiger partial charge is 0.258 e. The summed E-state index contributed by atoms with van der Waals surface area (Å²) in [5, 5.41) is 2.94. The van der Waals surface area contributed by atoms with Crippen LogP contribution in [0.25, 0.3) is 0 Å². The topological polar surface area (TPSA) is 105 Å².